The Kier molecular flexibility index (Phi) is 4.83. The van der Waals surface area contributed by atoms with Gasteiger partial charge in [-0.25, -0.2) is 0 Å². The number of hydrogen-bond donors (Lipinski definition) is 2. The lowest BCUT2D eigenvalue weighted by molar-refractivity contribution is -0.151. The van der Waals surface area contributed by atoms with Gasteiger partial charge in [-0.3, -0.25) is 14.4 Å². The minimum atomic E-state index is -0.921. The van der Waals surface area contributed by atoms with Gasteiger partial charge in [0.15, 0.2) is 0 Å². The average molecular weight is 330 g/mol. The number of aliphatic carboxylic acids is 1. The molecule has 3 rings (SSSR count). The molecular weight excluding hydrogens is 308 g/mol. The van der Waals surface area contributed by atoms with Gasteiger partial charge in [0, 0.05) is 24.3 Å². The SMILES string of the molecule is O=C(O)C1CCC1C(=O)Nc1cccc(C(=O)N2CCCCC2)c1. The number of amides is 2. The highest BCUT2D eigenvalue weighted by Crippen LogP contribution is 2.35. The van der Waals surface area contributed by atoms with Crippen LogP contribution in [0.2, 0.25) is 0 Å². The van der Waals surface area contributed by atoms with Crippen LogP contribution in [0.15, 0.2) is 24.3 Å². The Labute approximate surface area is 140 Å². The predicted octanol–water partition coefficient (Wildman–Crippen LogP) is 2.36. The number of rotatable bonds is 4. The van der Waals surface area contributed by atoms with Crippen LogP contribution in [-0.4, -0.2) is 40.9 Å². The highest BCUT2D eigenvalue weighted by molar-refractivity contribution is 5.99. The summed E-state index contributed by atoms with van der Waals surface area (Å²) in [4.78, 5) is 37.6. The van der Waals surface area contributed by atoms with Crippen molar-refractivity contribution in [2.45, 2.75) is 32.1 Å². The first-order valence-electron chi connectivity index (χ1n) is 8.49. The number of benzene rings is 1. The summed E-state index contributed by atoms with van der Waals surface area (Å²) < 4.78 is 0. The summed E-state index contributed by atoms with van der Waals surface area (Å²) in [7, 11) is 0. The number of likely N-dealkylation sites (tertiary alicyclic amines) is 1. The smallest absolute Gasteiger partial charge is 0.307 e. The highest BCUT2D eigenvalue weighted by atomic mass is 16.4. The van der Waals surface area contributed by atoms with Gasteiger partial charge in [0.2, 0.25) is 5.91 Å². The molecule has 24 heavy (non-hydrogen) atoms. The van der Waals surface area contributed by atoms with Crippen LogP contribution in [0, 0.1) is 11.8 Å². The average Bonchev–Trinajstić information content (AvgIpc) is 2.53. The molecule has 1 aromatic carbocycles. The number of carboxylic acid groups (broad SMARTS) is 1. The van der Waals surface area contributed by atoms with Crippen LogP contribution in [0.1, 0.15) is 42.5 Å². The summed E-state index contributed by atoms with van der Waals surface area (Å²) >= 11 is 0. The zero-order chi connectivity index (χ0) is 17.1. The third-order valence-electron chi connectivity index (χ3n) is 4.95. The standard InChI is InChI=1S/C18H22N2O4/c21-16(14-7-8-15(14)18(23)24)19-13-6-4-5-12(11-13)17(22)20-9-2-1-3-10-20/h4-6,11,14-15H,1-3,7-10H2,(H,19,21)(H,23,24). The highest BCUT2D eigenvalue weighted by Gasteiger charge is 2.41. The van der Waals surface area contributed by atoms with Crippen LogP contribution in [0.25, 0.3) is 0 Å². The third-order valence-corrected chi connectivity index (χ3v) is 4.95. The molecule has 1 aliphatic carbocycles. The summed E-state index contributed by atoms with van der Waals surface area (Å²) in [6, 6.07) is 6.88. The number of anilines is 1. The molecule has 2 amide bonds. The molecule has 0 aromatic heterocycles. The van der Waals surface area contributed by atoms with E-state index in [2.05, 4.69) is 5.32 Å². The molecule has 0 bridgehead atoms. The van der Waals surface area contributed by atoms with Crippen molar-refractivity contribution in [2.75, 3.05) is 18.4 Å². The Morgan fingerprint density at radius 1 is 1.04 bits per heavy atom. The number of carbonyl (C=O) groups is 3. The van der Waals surface area contributed by atoms with Gasteiger partial charge in [-0.15, -0.1) is 0 Å². The topological polar surface area (TPSA) is 86.7 Å². The third kappa shape index (κ3) is 3.42. The Bertz CT molecular complexity index is 652. The van der Waals surface area contributed by atoms with Gasteiger partial charge in [-0.1, -0.05) is 6.07 Å². The fraction of sp³-hybridized carbons (Fsp3) is 0.500. The van der Waals surface area contributed by atoms with E-state index in [9.17, 15) is 14.4 Å². The molecular formula is C18H22N2O4. The number of nitrogens with zero attached hydrogens (tertiary/aromatic N) is 1. The monoisotopic (exact) mass is 330 g/mol. The molecule has 1 saturated heterocycles. The Balaban J connectivity index is 1.65. The second kappa shape index (κ2) is 7.03. The largest absolute Gasteiger partial charge is 0.481 e. The van der Waals surface area contributed by atoms with E-state index in [4.69, 9.17) is 5.11 Å². The maximum absolute atomic E-state index is 12.5. The number of hydrogen-bond acceptors (Lipinski definition) is 3. The van der Waals surface area contributed by atoms with Crippen molar-refractivity contribution in [1.29, 1.82) is 0 Å². The second-order valence-corrected chi connectivity index (χ2v) is 6.55. The maximum atomic E-state index is 12.5. The van der Waals surface area contributed by atoms with Gasteiger partial charge in [0.05, 0.1) is 11.8 Å². The van der Waals surface area contributed by atoms with Crippen molar-refractivity contribution >= 4 is 23.5 Å². The normalized spacial score (nSPS) is 23.2. The quantitative estimate of drug-likeness (QED) is 0.887. The van der Waals surface area contributed by atoms with Crippen LogP contribution < -0.4 is 5.32 Å². The number of carbonyl (C=O) groups excluding carboxylic acids is 2. The van der Waals surface area contributed by atoms with E-state index < -0.39 is 17.8 Å². The van der Waals surface area contributed by atoms with E-state index in [1.54, 1.807) is 24.3 Å². The Morgan fingerprint density at radius 2 is 1.75 bits per heavy atom. The van der Waals surface area contributed by atoms with Gasteiger partial charge in [0.1, 0.15) is 0 Å². The van der Waals surface area contributed by atoms with E-state index in [0.717, 1.165) is 32.4 Å². The second-order valence-electron chi connectivity index (χ2n) is 6.55. The summed E-state index contributed by atoms with van der Waals surface area (Å²) in [5.41, 5.74) is 1.09. The fourth-order valence-electron chi connectivity index (χ4n) is 3.35. The molecule has 0 spiro atoms. The van der Waals surface area contributed by atoms with Crippen LogP contribution in [-0.2, 0) is 9.59 Å². The van der Waals surface area contributed by atoms with Crippen LogP contribution >= 0.6 is 0 Å². The van der Waals surface area contributed by atoms with Crippen molar-refractivity contribution in [3.63, 3.8) is 0 Å². The molecule has 0 radical (unpaired) electrons. The summed E-state index contributed by atoms with van der Waals surface area (Å²) in [6.07, 6.45) is 4.35. The predicted molar refractivity (Wildman–Crippen MR) is 88.7 cm³/mol. The van der Waals surface area contributed by atoms with Crippen molar-refractivity contribution in [3.05, 3.63) is 29.8 Å². The van der Waals surface area contributed by atoms with E-state index in [1.165, 1.54) is 0 Å². The van der Waals surface area contributed by atoms with E-state index in [0.29, 0.717) is 24.1 Å². The van der Waals surface area contributed by atoms with Crippen LogP contribution in [0.3, 0.4) is 0 Å². The number of nitrogens with one attached hydrogen (secondary N) is 1. The van der Waals surface area contributed by atoms with Gasteiger partial charge in [0.25, 0.3) is 5.91 Å². The molecule has 6 heteroatoms. The van der Waals surface area contributed by atoms with Crippen molar-refractivity contribution in [1.82, 2.24) is 4.90 Å². The molecule has 1 heterocycles. The molecule has 1 aliphatic heterocycles. The van der Waals surface area contributed by atoms with Gasteiger partial charge in [-0.05, 0) is 50.3 Å². The summed E-state index contributed by atoms with van der Waals surface area (Å²) in [5.74, 6) is -2.29. The van der Waals surface area contributed by atoms with E-state index in [-0.39, 0.29) is 11.8 Å². The lowest BCUT2D eigenvalue weighted by Crippen LogP contribution is -2.41. The van der Waals surface area contributed by atoms with Crippen molar-refractivity contribution < 1.29 is 19.5 Å². The minimum absolute atomic E-state index is 0.0159. The first-order valence-corrected chi connectivity index (χ1v) is 8.49. The van der Waals surface area contributed by atoms with Crippen molar-refractivity contribution in [3.8, 4) is 0 Å². The number of carboxylic acids is 1. The summed E-state index contributed by atoms with van der Waals surface area (Å²) in [6.45, 7) is 1.55. The van der Waals surface area contributed by atoms with E-state index in [1.807, 2.05) is 4.90 Å². The summed E-state index contributed by atoms with van der Waals surface area (Å²) in [5, 5.41) is 11.8. The lowest BCUT2D eigenvalue weighted by atomic mass is 9.73. The molecule has 2 N–H and O–H groups in total. The minimum Gasteiger partial charge on any atom is -0.481 e. The molecule has 1 saturated carbocycles. The molecule has 128 valence electrons. The molecule has 6 nitrogen and oxygen atoms in total. The van der Waals surface area contributed by atoms with Crippen LogP contribution in [0.5, 0.6) is 0 Å². The molecule has 2 fully saturated rings. The van der Waals surface area contributed by atoms with E-state index >= 15 is 0 Å². The fourth-order valence-corrected chi connectivity index (χ4v) is 3.35. The molecule has 2 atom stereocenters. The van der Waals surface area contributed by atoms with Gasteiger partial charge in [-0.2, -0.15) is 0 Å². The molecule has 1 aromatic rings. The maximum Gasteiger partial charge on any atom is 0.307 e. The zero-order valence-electron chi connectivity index (χ0n) is 13.5. The lowest BCUT2D eigenvalue weighted by Gasteiger charge is -2.32. The van der Waals surface area contributed by atoms with Crippen LogP contribution in [0.4, 0.5) is 5.69 Å². The van der Waals surface area contributed by atoms with Gasteiger partial charge < -0.3 is 15.3 Å². The molecule has 2 unspecified atom stereocenters. The first kappa shape index (κ1) is 16.5. The number of piperidine rings is 1. The zero-order valence-corrected chi connectivity index (χ0v) is 13.5. The van der Waals surface area contributed by atoms with Gasteiger partial charge >= 0.3 is 5.97 Å². The first-order chi connectivity index (χ1) is 11.6. The Morgan fingerprint density at radius 3 is 2.38 bits per heavy atom. The van der Waals surface area contributed by atoms with Crippen molar-refractivity contribution in [2.24, 2.45) is 11.8 Å². The molecule has 2 aliphatic rings. The Hall–Kier alpha value is -2.37.